The zero-order valence-electron chi connectivity index (χ0n) is 16.1. The number of carbonyl (C=O) groups excluding carboxylic acids is 1. The van der Waals surface area contributed by atoms with E-state index in [2.05, 4.69) is 10.0 Å². The van der Waals surface area contributed by atoms with Gasteiger partial charge in [-0.3, -0.25) is 4.79 Å². The highest BCUT2D eigenvalue weighted by molar-refractivity contribution is 7.88. The smallest absolute Gasteiger partial charge is 0.349 e. The third kappa shape index (κ3) is 5.52. The molecule has 152 valence electrons. The Kier molecular flexibility index (Phi) is 6.14. The fourth-order valence-electron chi connectivity index (χ4n) is 2.72. The van der Waals surface area contributed by atoms with Crippen molar-refractivity contribution in [2.45, 2.75) is 19.6 Å². The number of anilines is 1. The molecule has 29 heavy (non-hydrogen) atoms. The Morgan fingerprint density at radius 2 is 1.83 bits per heavy atom. The summed E-state index contributed by atoms with van der Waals surface area (Å²) in [6.45, 7) is 4.19. The van der Waals surface area contributed by atoms with E-state index in [4.69, 9.17) is 4.42 Å². The number of fused-ring (bicyclic) bond motifs is 1. The third-order valence-electron chi connectivity index (χ3n) is 4.14. The highest BCUT2D eigenvalue weighted by Gasteiger charge is 2.15. The Bertz CT molecular complexity index is 1200. The fourth-order valence-corrected chi connectivity index (χ4v) is 4.03. The van der Waals surface area contributed by atoms with Gasteiger partial charge in [0, 0.05) is 17.6 Å². The van der Waals surface area contributed by atoms with Crippen molar-refractivity contribution in [3.63, 3.8) is 0 Å². The molecule has 0 aliphatic heterocycles. The summed E-state index contributed by atoms with van der Waals surface area (Å²) >= 11 is 0. The molecule has 7 nitrogen and oxygen atoms in total. The van der Waals surface area contributed by atoms with Crippen LogP contribution in [0, 0.1) is 5.92 Å². The lowest BCUT2D eigenvalue weighted by Gasteiger charge is -2.10. The van der Waals surface area contributed by atoms with Crippen LogP contribution in [-0.4, -0.2) is 20.9 Å². The van der Waals surface area contributed by atoms with E-state index in [1.807, 2.05) is 13.8 Å². The van der Waals surface area contributed by atoms with Crippen molar-refractivity contribution in [2.24, 2.45) is 5.92 Å². The Morgan fingerprint density at radius 1 is 1.07 bits per heavy atom. The molecule has 0 atom stereocenters. The summed E-state index contributed by atoms with van der Waals surface area (Å²) in [6, 6.07) is 14.9. The number of carbonyl (C=O) groups is 1. The highest BCUT2D eigenvalue weighted by atomic mass is 32.2. The standard InChI is InChI=1S/C21H22N2O5S/c1-14(2)12-22-29(26,27)13-15-6-5-8-17(10-15)23-20(24)18-11-16-7-3-4-9-19(16)28-21(18)25/h3-11,14,22H,12-13H2,1-2H3,(H,23,24). The molecule has 2 N–H and O–H groups in total. The zero-order valence-corrected chi connectivity index (χ0v) is 17.0. The molecule has 1 aromatic heterocycles. The van der Waals surface area contributed by atoms with Gasteiger partial charge in [-0.15, -0.1) is 0 Å². The maximum atomic E-state index is 12.6. The maximum absolute atomic E-state index is 12.6. The van der Waals surface area contributed by atoms with E-state index < -0.39 is 21.6 Å². The molecule has 3 rings (SSSR count). The van der Waals surface area contributed by atoms with Gasteiger partial charge in [0.25, 0.3) is 5.91 Å². The van der Waals surface area contributed by atoms with Crippen molar-refractivity contribution in [3.05, 3.63) is 76.1 Å². The third-order valence-corrected chi connectivity index (χ3v) is 5.46. The van der Waals surface area contributed by atoms with Gasteiger partial charge in [0.2, 0.25) is 10.0 Å². The SMILES string of the molecule is CC(C)CNS(=O)(=O)Cc1cccc(NC(=O)c2cc3ccccc3oc2=O)c1. The Morgan fingerprint density at radius 3 is 2.59 bits per heavy atom. The molecular formula is C21H22N2O5S. The summed E-state index contributed by atoms with van der Waals surface area (Å²) in [7, 11) is -3.49. The summed E-state index contributed by atoms with van der Waals surface area (Å²) in [5, 5.41) is 3.26. The van der Waals surface area contributed by atoms with Gasteiger partial charge in [0.15, 0.2) is 0 Å². The van der Waals surface area contributed by atoms with Gasteiger partial charge in [0.05, 0.1) is 5.75 Å². The zero-order chi connectivity index (χ0) is 21.0. The van der Waals surface area contributed by atoms with Gasteiger partial charge in [-0.2, -0.15) is 0 Å². The summed E-state index contributed by atoms with van der Waals surface area (Å²) < 4.78 is 32.1. The monoisotopic (exact) mass is 414 g/mol. The van der Waals surface area contributed by atoms with Crippen LogP contribution in [0.25, 0.3) is 11.0 Å². The second kappa shape index (κ2) is 8.59. The summed E-state index contributed by atoms with van der Waals surface area (Å²) in [6.07, 6.45) is 0. The van der Waals surface area contributed by atoms with E-state index in [0.29, 0.717) is 28.8 Å². The van der Waals surface area contributed by atoms with E-state index in [-0.39, 0.29) is 17.2 Å². The van der Waals surface area contributed by atoms with Crippen LogP contribution in [0.3, 0.4) is 0 Å². The van der Waals surface area contributed by atoms with E-state index in [0.717, 1.165) is 0 Å². The summed E-state index contributed by atoms with van der Waals surface area (Å²) in [5.74, 6) is -0.631. The highest BCUT2D eigenvalue weighted by Crippen LogP contribution is 2.16. The first-order valence-corrected chi connectivity index (χ1v) is 10.8. The lowest BCUT2D eigenvalue weighted by Crippen LogP contribution is -2.28. The topological polar surface area (TPSA) is 105 Å². The molecule has 8 heteroatoms. The van der Waals surface area contributed by atoms with Gasteiger partial charge in [-0.05, 0) is 35.7 Å². The average molecular weight is 414 g/mol. The van der Waals surface area contributed by atoms with Gasteiger partial charge in [-0.1, -0.05) is 44.2 Å². The molecule has 0 spiro atoms. The van der Waals surface area contributed by atoms with Crippen molar-refractivity contribution < 1.29 is 17.6 Å². The second-order valence-corrected chi connectivity index (χ2v) is 8.95. The molecule has 0 radical (unpaired) electrons. The molecule has 3 aromatic rings. The first kappa shape index (κ1) is 20.8. The molecule has 0 aliphatic carbocycles. The number of rotatable bonds is 7. The van der Waals surface area contributed by atoms with Gasteiger partial charge in [0.1, 0.15) is 11.1 Å². The number of hydrogen-bond acceptors (Lipinski definition) is 5. The van der Waals surface area contributed by atoms with Crippen LogP contribution in [0.5, 0.6) is 0 Å². The van der Waals surface area contributed by atoms with Gasteiger partial charge >= 0.3 is 5.63 Å². The molecule has 0 saturated carbocycles. The lowest BCUT2D eigenvalue weighted by molar-refractivity contribution is 0.102. The minimum atomic E-state index is -3.49. The Hall–Kier alpha value is -2.97. The molecule has 0 aliphatic rings. The number of nitrogens with one attached hydrogen (secondary N) is 2. The van der Waals surface area contributed by atoms with E-state index in [9.17, 15) is 18.0 Å². The molecule has 0 unspecified atom stereocenters. The first-order valence-electron chi connectivity index (χ1n) is 9.14. The number of hydrogen-bond donors (Lipinski definition) is 2. The molecule has 2 aromatic carbocycles. The maximum Gasteiger partial charge on any atom is 0.349 e. The number of amides is 1. The van der Waals surface area contributed by atoms with Crippen LogP contribution in [0.4, 0.5) is 5.69 Å². The van der Waals surface area contributed by atoms with Crippen molar-refractivity contribution in [1.29, 1.82) is 0 Å². The molecular weight excluding hydrogens is 392 g/mol. The molecule has 1 amide bonds. The van der Waals surface area contributed by atoms with Crippen LogP contribution in [0.15, 0.2) is 63.8 Å². The van der Waals surface area contributed by atoms with Gasteiger partial charge in [-0.25, -0.2) is 17.9 Å². The van der Waals surface area contributed by atoms with Crippen LogP contribution in [-0.2, 0) is 15.8 Å². The minimum absolute atomic E-state index is 0.125. The normalized spacial score (nSPS) is 11.7. The quantitative estimate of drug-likeness (QED) is 0.578. The van der Waals surface area contributed by atoms with Crippen molar-refractivity contribution in [1.82, 2.24) is 4.72 Å². The minimum Gasteiger partial charge on any atom is -0.422 e. The average Bonchev–Trinajstić information content (AvgIpc) is 2.66. The number of para-hydroxylation sites is 1. The van der Waals surface area contributed by atoms with E-state index in [1.54, 1.807) is 48.5 Å². The molecule has 1 heterocycles. The number of sulfonamides is 1. The van der Waals surface area contributed by atoms with E-state index in [1.165, 1.54) is 6.07 Å². The largest absolute Gasteiger partial charge is 0.422 e. The van der Waals surface area contributed by atoms with Crippen LogP contribution < -0.4 is 15.7 Å². The lowest BCUT2D eigenvalue weighted by atomic mass is 10.1. The van der Waals surface area contributed by atoms with Crippen molar-refractivity contribution >= 4 is 32.6 Å². The second-order valence-electron chi connectivity index (χ2n) is 7.14. The van der Waals surface area contributed by atoms with Crippen LogP contribution >= 0.6 is 0 Å². The van der Waals surface area contributed by atoms with E-state index >= 15 is 0 Å². The Labute approximate surface area is 168 Å². The fraction of sp³-hybridized carbons (Fsp3) is 0.238. The first-order chi connectivity index (χ1) is 13.7. The van der Waals surface area contributed by atoms with Gasteiger partial charge < -0.3 is 9.73 Å². The molecule has 0 bridgehead atoms. The molecule has 0 saturated heterocycles. The Balaban J connectivity index is 1.77. The predicted molar refractivity (Wildman–Crippen MR) is 112 cm³/mol. The molecule has 0 fully saturated rings. The predicted octanol–water partition coefficient (Wildman–Crippen LogP) is 3.12. The van der Waals surface area contributed by atoms with Crippen molar-refractivity contribution in [2.75, 3.05) is 11.9 Å². The summed E-state index contributed by atoms with van der Waals surface area (Å²) in [5.41, 5.74) is 0.442. The number of benzene rings is 2. The van der Waals surface area contributed by atoms with Crippen LogP contribution in [0.1, 0.15) is 29.8 Å². The van der Waals surface area contributed by atoms with Crippen LogP contribution in [0.2, 0.25) is 0 Å². The van der Waals surface area contributed by atoms with Crippen molar-refractivity contribution in [3.8, 4) is 0 Å². The summed E-state index contributed by atoms with van der Waals surface area (Å²) in [4.78, 5) is 24.7.